The number of carbonyl (C=O) groups excluding carboxylic acids is 1. The van der Waals surface area contributed by atoms with E-state index in [4.69, 9.17) is 0 Å². The Labute approximate surface area is 102 Å². The molecular weight excluding hydrogens is 238 g/mol. The van der Waals surface area contributed by atoms with Crippen molar-refractivity contribution in [2.45, 2.75) is 6.92 Å². The van der Waals surface area contributed by atoms with Crippen LogP contribution in [0.15, 0.2) is 35.7 Å². The van der Waals surface area contributed by atoms with Crippen molar-refractivity contribution in [2.75, 3.05) is 0 Å². The molecule has 1 aromatic heterocycles. The van der Waals surface area contributed by atoms with Crippen LogP contribution in [0, 0.1) is 10.1 Å². The Kier molecular flexibility index (Phi) is 3.01. The smallest absolute Gasteiger partial charge is 0.278 e. The number of nitrogens with zero attached hydrogens (tertiary/aromatic N) is 1. The van der Waals surface area contributed by atoms with Gasteiger partial charge in [-0.1, -0.05) is 12.1 Å². The van der Waals surface area contributed by atoms with Gasteiger partial charge in [-0.3, -0.25) is 14.9 Å². The zero-order valence-electron chi connectivity index (χ0n) is 9.04. The van der Waals surface area contributed by atoms with Crippen LogP contribution in [0.25, 0.3) is 10.4 Å². The van der Waals surface area contributed by atoms with Crippen molar-refractivity contribution < 1.29 is 9.72 Å². The SMILES string of the molecule is CC(=O)c1ccc(-c2cccs2)c([N+](=O)[O-])c1. The molecule has 0 aliphatic rings. The Balaban J connectivity index is 2.61. The van der Waals surface area contributed by atoms with Gasteiger partial charge in [-0.2, -0.15) is 0 Å². The van der Waals surface area contributed by atoms with Gasteiger partial charge in [-0.25, -0.2) is 0 Å². The predicted molar refractivity (Wildman–Crippen MR) is 66.4 cm³/mol. The molecule has 5 heteroatoms. The third-order valence-corrected chi connectivity index (χ3v) is 3.29. The van der Waals surface area contributed by atoms with Crippen molar-refractivity contribution in [3.8, 4) is 10.4 Å². The number of hydrogen-bond donors (Lipinski definition) is 0. The van der Waals surface area contributed by atoms with E-state index >= 15 is 0 Å². The summed E-state index contributed by atoms with van der Waals surface area (Å²) in [5, 5.41) is 12.8. The van der Waals surface area contributed by atoms with Gasteiger partial charge in [0.05, 0.1) is 10.5 Å². The minimum atomic E-state index is -0.457. The Morgan fingerprint density at radius 1 is 1.35 bits per heavy atom. The summed E-state index contributed by atoms with van der Waals surface area (Å²) in [5.74, 6) is -0.175. The molecule has 0 aliphatic carbocycles. The Bertz CT molecular complexity index is 575. The van der Waals surface area contributed by atoms with Crippen molar-refractivity contribution in [3.63, 3.8) is 0 Å². The highest BCUT2D eigenvalue weighted by Gasteiger charge is 2.17. The fraction of sp³-hybridized carbons (Fsp3) is 0.0833. The van der Waals surface area contributed by atoms with E-state index in [9.17, 15) is 14.9 Å². The fourth-order valence-electron chi connectivity index (χ4n) is 1.54. The van der Waals surface area contributed by atoms with E-state index in [2.05, 4.69) is 0 Å². The lowest BCUT2D eigenvalue weighted by Gasteiger charge is -2.02. The molecule has 0 amide bonds. The largest absolute Gasteiger partial charge is 0.295 e. The highest BCUT2D eigenvalue weighted by molar-refractivity contribution is 7.13. The van der Waals surface area contributed by atoms with Gasteiger partial charge in [0.15, 0.2) is 5.78 Å². The van der Waals surface area contributed by atoms with Gasteiger partial charge in [-0.15, -0.1) is 11.3 Å². The summed E-state index contributed by atoms with van der Waals surface area (Å²) in [6.45, 7) is 1.39. The van der Waals surface area contributed by atoms with Gasteiger partial charge >= 0.3 is 0 Å². The molecule has 4 nitrogen and oxygen atoms in total. The highest BCUT2D eigenvalue weighted by Crippen LogP contribution is 2.33. The fourth-order valence-corrected chi connectivity index (χ4v) is 2.30. The van der Waals surface area contributed by atoms with Gasteiger partial charge < -0.3 is 0 Å². The minimum absolute atomic E-state index is 0.0276. The molecule has 2 rings (SSSR count). The number of hydrogen-bond acceptors (Lipinski definition) is 4. The Morgan fingerprint density at radius 2 is 2.12 bits per heavy atom. The predicted octanol–water partition coefficient (Wildman–Crippen LogP) is 3.53. The number of benzene rings is 1. The van der Waals surface area contributed by atoms with E-state index in [1.54, 1.807) is 12.1 Å². The second kappa shape index (κ2) is 4.47. The summed E-state index contributed by atoms with van der Waals surface area (Å²) in [4.78, 5) is 22.6. The normalized spacial score (nSPS) is 10.2. The molecule has 17 heavy (non-hydrogen) atoms. The van der Waals surface area contributed by atoms with Crippen LogP contribution < -0.4 is 0 Å². The van der Waals surface area contributed by atoms with Crippen LogP contribution in [0.1, 0.15) is 17.3 Å². The molecule has 0 unspecified atom stereocenters. The molecule has 0 spiro atoms. The van der Waals surface area contributed by atoms with Gasteiger partial charge in [-0.05, 0) is 24.4 Å². The third-order valence-electron chi connectivity index (χ3n) is 2.39. The van der Waals surface area contributed by atoms with Crippen LogP contribution in [0.2, 0.25) is 0 Å². The third kappa shape index (κ3) is 2.24. The molecule has 86 valence electrons. The molecule has 0 radical (unpaired) electrons. The van der Waals surface area contributed by atoms with E-state index in [1.807, 2.05) is 17.5 Å². The lowest BCUT2D eigenvalue weighted by Crippen LogP contribution is -1.97. The van der Waals surface area contributed by atoms with Gasteiger partial charge in [0, 0.05) is 16.5 Å². The molecule has 2 aromatic rings. The molecule has 0 N–H and O–H groups in total. The van der Waals surface area contributed by atoms with Crippen LogP contribution in [0.3, 0.4) is 0 Å². The topological polar surface area (TPSA) is 60.2 Å². The quantitative estimate of drug-likeness (QED) is 0.473. The van der Waals surface area contributed by atoms with E-state index < -0.39 is 4.92 Å². The van der Waals surface area contributed by atoms with Gasteiger partial charge in [0.2, 0.25) is 0 Å². The molecule has 0 atom stereocenters. The highest BCUT2D eigenvalue weighted by atomic mass is 32.1. The van der Waals surface area contributed by atoms with Crippen LogP contribution in [-0.2, 0) is 0 Å². The maximum atomic E-state index is 11.2. The summed E-state index contributed by atoms with van der Waals surface area (Å²) < 4.78 is 0. The Hall–Kier alpha value is -2.01. The molecule has 1 aromatic carbocycles. The van der Waals surface area contributed by atoms with Crippen LogP contribution in [-0.4, -0.2) is 10.7 Å². The first-order chi connectivity index (χ1) is 8.09. The van der Waals surface area contributed by atoms with Crippen molar-refractivity contribution in [1.82, 2.24) is 0 Å². The molecule has 0 bridgehead atoms. The first-order valence-electron chi connectivity index (χ1n) is 4.93. The Morgan fingerprint density at radius 3 is 2.65 bits per heavy atom. The van der Waals surface area contributed by atoms with Gasteiger partial charge in [0.1, 0.15) is 0 Å². The van der Waals surface area contributed by atoms with E-state index in [-0.39, 0.29) is 11.5 Å². The van der Waals surface area contributed by atoms with E-state index in [0.29, 0.717) is 11.1 Å². The minimum Gasteiger partial charge on any atom is -0.295 e. The standard InChI is InChI=1S/C12H9NO3S/c1-8(14)9-4-5-10(11(7-9)13(15)16)12-3-2-6-17-12/h2-7H,1H3. The monoisotopic (exact) mass is 247 g/mol. The van der Waals surface area contributed by atoms with Crippen molar-refractivity contribution in [2.24, 2.45) is 0 Å². The summed E-state index contributed by atoms with van der Waals surface area (Å²) in [6.07, 6.45) is 0. The zero-order valence-corrected chi connectivity index (χ0v) is 9.86. The average Bonchev–Trinajstić information content (AvgIpc) is 2.81. The lowest BCUT2D eigenvalue weighted by atomic mass is 10.1. The summed E-state index contributed by atoms with van der Waals surface area (Å²) in [5.41, 5.74) is 0.882. The second-order valence-electron chi connectivity index (χ2n) is 3.52. The second-order valence-corrected chi connectivity index (χ2v) is 4.47. The molecule has 0 fully saturated rings. The van der Waals surface area contributed by atoms with Crippen molar-refractivity contribution in [1.29, 1.82) is 0 Å². The zero-order chi connectivity index (χ0) is 12.4. The number of thiophene rings is 1. The summed E-state index contributed by atoms with van der Waals surface area (Å²) in [7, 11) is 0. The number of nitro groups is 1. The van der Waals surface area contributed by atoms with Crippen molar-refractivity contribution >= 4 is 22.8 Å². The average molecular weight is 247 g/mol. The number of nitro benzene ring substituents is 1. The van der Waals surface area contributed by atoms with E-state index in [0.717, 1.165) is 4.88 Å². The molecule has 0 aliphatic heterocycles. The van der Waals surface area contributed by atoms with Crippen LogP contribution in [0.4, 0.5) is 5.69 Å². The lowest BCUT2D eigenvalue weighted by molar-refractivity contribution is -0.384. The van der Waals surface area contributed by atoms with Gasteiger partial charge in [0.25, 0.3) is 5.69 Å². The summed E-state index contributed by atoms with van der Waals surface area (Å²) in [6, 6.07) is 8.23. The number of rotatable bonds is 3. The number of ketones is 1. The first-order valence-corrected chi connectivity index (χ1v) is 5.81. The maximum Gasteiger partial charge on any atom is 0.278 e. The van der Waals surface area contributed by atoms with E-state index in [1.165, 1.54) is 24.3 Å². The molecule has 0 saturated carbocycles. The number of Topliss-reactive ketones (excluding diaryl/α,β-unsaturated/α-hetero) is 1. The summed E-state index contributed by atoms with van der Waals surface area (Å²) >= 11 is 1.43. The maximum absolute atomic E-state index is 11.2. The molecule has 1 heterocycles. The molecule has 0 saturated heterocycles. The van der Waals surface area contributed by atoms with Crippen LogP contribution in [0.5, 0.6) is 0 Å². The van der Waals surface area contributed by atoms with Crippen molar-refractivity contribution in [3.05, 3.63) is 51.4 Å². The molecular formula is C12H9NO3S. The number of carbonyl (C=O) groups is 1. The van der Waals surface area contributed by atoms with Crippen LogP contribution >= 0.6 is 11.3 Å². The first kappa shape index (κ1) is 11.5.